The molecule has 0 aliphatic rings. The van der Waals surface area contributed by atoms with E-state index in [0.717, 1.165) is 18.4 Å². The number of carbonyl (C=O) groups excluding carboxylic acids is 3. The van der Waals surface area contributed by atoms with Gasteiger partial charge in [-0.05, 0) is 35.9 Å². The zero-order chi connectivity index (χ0) is 28.9. The maximum Gasteiger partial charge on any atom is 0.471 e. The first-order valence-corrected chi connectivity index (χ1v) is 12.8. The molecule has 0 aliphatic carbocycles. The molecule has 1 heterocycles. The molecule has 1 unspecified atom stereocenters. The normalized spacial score (nSPS) is 12.1. The van der Waals surface area contributed by atoms with Gasteiger partial charge in [-0.1, -0.05) is 53.8 Å². The third-order valence-electron chi connectivity index (χ3n) is 5.96. The minimum Gasteiger partial charge on any atom is -0.492 e. The fraction of sp³-hybridized carbons (Fsp3) is 0.214. The highest BCUT2D eigenvalue weighted by Gasteiger charge is 2.41. The first kappa shape index (κ1) is 28.6. The Morgan fingerprint density at radius 2 is 1.68 bits per heavy atom. The van der Waals surface area contributed by atoms with E-state index in [1.807, 2.05) is 6.07 Å². The Labute approximate surface area is 230 Å². The number of nitrogens with one attached hydrogen (secondary N) is 1. The second-order valence-corrected chi connectivity index (χ2v) is 9.63. The molecule has 4 aromatic rings. The Morgan fingerprint density at radius 1 is 0.975 bits per heavy atom. The van der Waals surface area contributed by atoms with Crippen LogP contribution in [0.15, 0.2) is 77.6 Å². The number of esters is 1. The van der Waals surface area contributed by atoms with Crippen LogP contribution in [-0.2, 0) is 27.3 Å². The lowest BCUT2D eigenvalue weighted by molar-refractivity contribution is -0.175. The van der Waals surface area contributed by atoms with E-state index in [2.05, 4.69) is 4.74 Å². The molecule has 0 radical (unpaired) electrons. The van der Waals surface area contributed by atoms with Crippen LogP contribution in [0.25, 0.3) is 10.2 Å². The van der Waals surface area contributed by atoms with Crippen molar-refractivity contribution in [1.29, 1.82) is 0 Å². The minimum absolute atomic E-state index is 0.137. The maximum absolute atomic E-state index is 12.7. The van der Waals surface area contributed by atoms with Gasteiger partial charge in [0, 0.05) is 17.5 Å². The largest absolute Gasteiger partial charge is 0.492 e. The topological polar surface area (TPSA) is 104 Å². The lowest BCUT2D eigenvalue weighted by Crippen LogP contribution is -2.48. The van der Waals surface area contributed by atoms with Gasteiger partial charge in [-0.2, -0.15) is 13.2 Å². The van der Waals surface area contributed by atoms with Crippen LogP contribution in [0.2, 0.25) is 0 Å². The van der Waals surface area contributed by atoms with Gasteiger partial charge >= 0.3 is 22.9 Å². The quantitative estimate of drug-likeness (QED) is 0.226. The van der Waals surface area contributed by atoms with Gasteiger partial charge in [-0.25, -0.2) is 4.79 Å². The summed E-state index contributed by atoms with van der Waals surface area (Å²) in [6.45, 7) is 0.378. The van der Waals surface area contributed by atoms with Gasteiger partial charge in [0.05, 0.1) is 23.9 Å². The molecular formula is C28H23F3N2O6S. The van der Waals surface area contributed by atoms with Crippen LogP contribution in [0, 0.1) is 0 Å². The van der Waals surface area contributed by atoms with Gasteiger partial charge in [0.1, 0.15) is 18.4 Å². The number of thiazole rings is 1. The number of ketones is 1. The zero-order valence-electron chi connectivity index (χ0n) is 21.1. The number of amides is 1. The highest BCUT2D eigenvalue weighted by atomic mass is 32.1. The minimum atomic E-state index is -5.14. The summed E-state index contributed by atoms with van der Waals surface area (Å²) in [5, 5.41) is 1.64. The molecule has 0 aliphatic heterocycles. The molecule has 1 aromatic heterocycles. The Balaban J connectivity index is 1.38. The average Bonchev–Trinajstić information content (AvgIpc) is 3.26. The number of benzene rings is 3. The smallest absolute Gasteiger partial charge is 0.471 e. The van der Waals surface area contributed by atoms with E-state index in [-0.39, 0.29) is 30.2 Å². The number of nitrogens with zero attached hydrogens (tertiary/aromatic N) is 1. The number of fused-ring (bicyclic) bond motifs is 1. The number of hydrogen-bond acceptors (Lipinski definition) is 7. The molecule has 1 atom stereocenters. The summed E-state index contributed by atoms with van der Waals surface area (Å²) in [6.07, 6.45) is -5.36. The lowest BCUT2D eigenvalue weighted by atomic mass is 10.0. The first-order valence-electron chi connectivity index (χ1n) is 12.0. The highest BCUT2D eigenvalue weighted by Crippen LogP contribution is 2.22. The summed E-state index contributed by atoms with van der Waals surface area (Å²) < 4.78 is 50.2. The number of aromatic nitrogens is 1. The van der Waals surface area contributed by atoms with Crippen molar-refractivity contribution < 1.29 is 37.0 Å². The predicted octanol–water partition coefficient (Wildman–Crippen LogP) is 4.14. The standard InChI is InChI=1S/C28H23F3N2O6S/c1-38-25(35)21(32-26(36)28(29,30)31)15-17-7-10-20(11-8-17)39-14-13-33-22-12-9-19(16-23(22)40-27(33)37)24(34)18-5-3-2-4-6-18/h2-12,16,21H,13-15H2,1H3,(H,32,36). The van der Waals surface area contributed by atoms with Crippen molar-refractivity contribution >= 4 is 39.2 Å². The van der Waals surface area contributed by atoms with Crippen LogP contribution in [0.4, 0.5) is 13.2 Å². The summed E-state index contributed by atoms with van der Waals surface area (Å²) in [4.78, 5) is 48.3. The number of methoxy groups -OCH3 is 1. The summed E-state index contributed by atoms with van der Waals surface area (Å²) in [5.41, 5.74) is 2.18. The van der Waals surface area contributed by atoms with Crippen LogP contribution >= 0.6 is 11.3 Å². The van der Waals surface area contributed by atoms with Gasteiger partial charge in [0.25, 0.3) is 0 Å². The van der Waals surface area contributed by atoms with E-state index in [9.17, 15) is 32.3 Å². The van der Waals surface area contributed by atoms with Crippen LogP contribution in [-0.4, -0.2) is 48.2 Å². The van der Waals surface area contributed by atoms with Gasteiger partial charge in [-0.15, -0.1) is 0 Å². The molecule has 8 nitrogen and oxygen atoms in total. The van der Waals surface area contributed by atoms with Crippen LogP contribution in [0.3, 0.4) is 0 Å². The van der Waals surface area contributed by atoms with E-state index >= 15 is 0 Å². The van der Waals surface area contributed by atoms with E-state index in [1.54, 1.807) is 76.6 Å². The van der Waals surface area contributed by atoms with Gasteiger partial charge < -0.3 is 14.8 Å². The molecule has 0 saturated carbocycles. The van der Waals surface area contributed by atoms with Crippen molar-refractivity contribution in [2.75, 3.05) is 13.7 Å². The maximum atomic E-state index is 12.7. The Morgan fingerprint density at radius 3 is 2.33 bits per heavy atom. The molecule has 1 N–H and O–H groups in total. The summed E-state index contributed by atoms with van der Waals surface area (Å²) in [6, 6.07) is 18.6. The van der Waals surface area contributed by atoms with Crippen molar-refractivity contribution in [1.82, 2.24) is 9.88 Å². The summed E-state index contributed by atoms with van der Waals surface area (Å²) in [7, 11) is 1.01. The molecule has 40 heavy (non-hydrogen) atoms. The molecular weight excluding hydrogens is 549 g/mol. The van der Waals surface area contributed by atoms with Crippen molar-refractivity contribution in [2.45, 2.75) is 25.2 Å². The number of alkyl halides is 3. The van der Waals surface area contributed by atoms with Crippen molar-refractivity contribution in [3.8, 4) is 5.75 Å². The first-order chi connectivity index (χ1) is 19.1. The molecule has 4 rings (SSSR count). The second kappa shape index (κ2) is 12.2. The summed E-state index contributed by atoms with van der Waals surface area (Å²) in [5.74, 6) is -2.95. The SMILES string of the molecule is COC(=O)C(Cc1ccc(OCCn2c(=O)sc3cc(C(=O)c4ccccc4)ccc32)cc1)NC(=O)C(F)(F)F. The number of halogens is 3. The molecule has 208 valence electrons. The van der Waals surface area contributed by atoms with E-state index < -0.39 is 24.1 Å². The number of carbonyl (C=O) groups is 3. The van der Waals surface area contributed by atoms with E-state index in [0.29, 0.717) is 32.7 Å². The molecule has 0 fully saturated rings. The average molecular weight is 573 g/mol. The van der Waals surface area contributed by atoms with Crippen LogP contribution in [0.1, 0.15) is 21.5 Å². The summed E-state index contributed by atoms with van der Waals surface area (Å²) >= 11 is 1.03. The molecule has 1 amide bonds. The Hall–Kier alpha value is -4.45. The lowest BCUT2D eigenvalue weighted by Gasteiger charge is -2.17. The van der Waals surface area contributed by atoms with Crippen LogP contribution in [0.5, 0.6) is 5.75 Å². The third-order valence-corrected chi connectivity index (χ3v) is 6.90. The zero-order valence-corrected chi connectivity index (χ0v) is 21.9. The predicted molar refractivity (Wildman–Crippen MR) is 142 cm³/mol. The molecule has 0 bridgehead atoms. The molecule has 3 aromatic carbocycles. The van der Waals surface area contributed by atoms with Crippen molar-refractivity contribution in [3.05, 3.63) is 99.2 Å². The van der Waals surface area contributed by atoms with Gasteiger partial charge in [0.15, 0.2) is 5.78 Å². The molecule has 0 saturated heterocycles. The third kappa shape index (κ3) is 6.75. The number of ether oxygens (including phenoxy) is 2. The van der Waals surface area contributed by atoms with Gasteiger partial charge in [0.2, 0.25) is 0 Å². The van der Waals surface area contributed by atoms with E-state index in [4.69, 9.17) is 4.74 Å². The highest BCUT2D eigenvalue weighted by molar-refractivity contribution is 7.16. The fourth-order valence-electron chi connectivity index (χ4n) is 3.96. The van der Waals surface area contributed by atoms with Crippen LogP contribution < -0.4 is 14.9 Å². The van der Waals surface area contributed by atoms with Crippen molar-refractivity contribution in [3.63, 3.8) is 0 Å². The Bertz CT molecular complexity index is 1580. The molecule has 12 heteroatoms. The van der Waals surface area contributed by atoms with E-state index in [1.165, 1.54) is 0 Å². The monoisotopic (exact) mass is 572 g/mol. The molecule has 0 spiro atoms. The second-order valence-electron chi connectivity index (χ2n) is 8.64. The Kier molecular flexibility index (Phi) is 8.68. The van der Waals surface area contributed by atoms with Crippen molar-refractivity contribution in [2.24, 2.45) is 0 Å². The number of hydrogen-bond donors (Lipinski definition) is 1. The number of rotatable bonds is 10. The fourth-order valence-corrected chi connectivity index (χ4v) is 4.92. The van der Waals surface area contributed by atoms with Gasteiger partial charge in [-0.3, -0.25) is 19.0 Å².